The van der Waals surface area contributed by atoms with Gasteiger partial charge in [-0.2, -0.15) is 0 Å². The molecule has 0 aliphatic carbocycles. The average molecular weight is 370 g/mol. The van der Waals surface area contributed by atoms with Gasteiger partial charge in [0.25, 0.3) is 0 Å². The average Bonchev–Trinajstić information content (AvgIpc) is 2.53. The summed E-state index contributed by atoms with van der Waals surface area (Å²) in [5.41, 5.74) is -1.15. The first-order valence-corrected chi connectivity index (χ1v) is 7.42. The zero-order chi connectivity index (χ0) is 19.6. The maximum absolute atomic E-state index is 13.7. The molecule has 1 N–H and O–H groups in total. The van der Waals surface area contributed by atoms with Gasteiger partial charge in [0.1, 0.15) is 29.4 Å². The Hall–Kier alpha value is -2.58. The topological polar surface area (TPSA) is 63.6 Å². The predicted octanol–water partition coefficient (Wildman–Crippen LogP) is 3.42. The second-order valence-corrected chi connectivity index (χ2v) is 5.68. The molecular weight excluding hydrogens is 356 g/mol. The van der Waals surface area contributed by atoms with Gasteiger partial charge in [0, 0.05) is 12.1 Å². The van der Waals surface area contributed by atoms with Crippen LogP contribution in [0.2, 0.25) is 0 Å². The minimum Gasteiger partial charge on any atom is -0.359 e. The van der Waals surface area contributed by atoms with Crippen molar-refractivity contribution in [3.05, 3.63) is 70.8 Å². The molecule has 2 aromatic carbocycles. The van der Waals surface area contributed by atoms with Gasteiger partial charge in [0.05, 0.1) is 11.1 Å². The molecule has 2 aromatic rings. The van der Waals surface area contributed by atoms with Crippen LogP contribution in [0.5, 0.6) is 0 Å². The smallest absolute Gasteiger partial charge is 0.229 e. The van der Waals surface area contributed by atoms with Crippen molar-refractivity contribution in [2.45, 2.75) is 25.7 Å². The molecule has 2 unspecified atom stereocenters. The van der Waals surface area contributed by atoms with E-state index in [0.717, 1.165) is 38.1 Å². The summed E-state index contributed by atoms with van der Waals surface area (Å²) in [6.07, 6.45) is -1.52. The summed E-state index contributed by atoms with van der Waals surface area (Å²) in [4.78, 5) is 24.4. The Balaban J connectivity index is 2.21. The van der Waals surface area contributed by atoms with Crippen LogP contribution < -0.4 is 0 Å². The van der Waals surface area contributed by atoms with Crippen LogP contribution in [0, 0.1) is 23.3 Å². The molecule has 0 aliphatic rings. The summed E-state index contributed by atoms with van der Waals surface area (Å²) in [6, 6.07) is 4.33. The van der Waals surface area contributed by atoms with Gasteiger partial charge in [-0.3, -0.25) is 9.59 Å². The number of hydrogen-bond donors (Lipinski definition) is 1. The fraction of sp³-hybridized carbons (Fsp3) is 0.222. The second-order valence-electron chi connectivity index (χ2n) is 5.68. The lowest BCUT2D eigenvalue weighted by Crippen LogP contribution is -2.43. The highest BCUT2D eigenvalue weighted by molar-refractivity contribution is 6.02. The lowest BCUT2D eigenvalue weighted by atomic mass is 10.0. The molecule has 0 saturated carbocycles. The number of carbonyl (C=O) groups excluding carboxylic acids is 2. The monoisotopic (exact) mass is 370 g/mol. The molecule has 26 heavy (non-hydrogen) atoms. The van der Waals surface area contributed by atoms with E-state index in [4.69, 9.17) is 4.74 Å². The van der Waals surface area contributed by atoms with Crippen molar-refractivity contribution in [3.63, 3.8) is 0 Å². The number of rotatable bonds is 6. The van der Waals surface area contributed by atoms with E-state index < -0.39 is 57.9 Å². The second kappa shape index (κ2) is 7.35. The zero-order valence-electron chi connectivity index (χ0n) is 13.7. The molecule has 0 bridgehead atoms. The van der Waals surface area contributed by atoms with Gasteiger partial charge in [-0.05, 0) is 38.1 Å². The minimum absolute atomic E-state index is 0.450. The quantitative estimate of drug-likeness (QED) is 0.481. The van der Waals surface area contributed by atoms with Crippen molar-refractivity contribution in [2.75, 3.05) is 0 Å². The fourth-order valence-corrected chi connectivity index (χ4v) is 2.28. The highest BCUT2D eigenvalue weighted by Crippen LogP contribution is 2.22. The number of ether oxygens (including phenoxy) is 1. The van der Waals surface area contributed by atoms with Crippen LogP contribution in [-0.2, 0) is 4.74 Å². The van der Waals surface area contributed by atoms with E-state index in [2.05, 4.69) is 0 Å². The van der Waals surface area contributed by atoms with Crippen molar-refractivity contribution in [2.24, 2.45) is 0 Å². The predicted molar refractivity (Wildman–Crippen MR) is 82.5 cm³/mol. The number of benzene rings is 2. The third-order valence-electron chi connectivity index (χ3n) is 3.57. The van der Waals surface area contributed by atoms with Crippen LogP contribution in [-0.4, -0.2) is 28.6 Å². The summed E-state index contributed by atoms with van der Waals surface area (Å²) in [5, 5.41) is 10.2. The van der Waals surface area contributed by atoms with Crippen LogP contribution in [0.15, 0.2) is 36.4 Å². The first-order valence-electron chi connectivity index (χ1n) is 7.42. The van der Waals surface area contributed by atoms with Crippen molar-refractivity contribution < 1.29 is 37.0 Å². The Morgan fingerprint density at radius 1 is 0.962 bits per heavy atom. The van der Waals surface area contributed by atoms with Crippen molar-refractivity contribution in [3.8, 4) is 0 Å². The number of aliphatic hydroxyl groups is 1. The van der Waals surface area contributed by atoms with Gasteiger partial charge in [-0.15, -0.1) is 0 Å². The third kappa shape index (κ3) is 4.14. The minimum atomic E-state index is -2.65. The molecule has 0 amide bonds. The van der Waals surface area contributed by atoms with Crippen molar-refractivity contribution in [1.82, 2.24) is 0 Å². The Labute approximate surface area is 146 Å². The summed E-state index contributed by atoms with van der Waals surface area (Å²) in [7, 11) is 0. The van der Waals surface area contributed by atoms with Gasteiger partial charge in [0.15, 0.2) is 5.78 Å². The van der Waals surface area contributed by atoms with Crippen LogP contribution in [0.3, 0.4) is 0 Å². The SMILES string of the molecule is CC(OC(C)(O)C(=O)c1ccc(F)cc1F)C(=O)c1ccc(F)cc1F. The fourth-order valence-electron chi connectivity index (χ4n) is 2.28. The molecular formula is C18H14F4O4. The Bertz CT molecular complexity index is 864. The first-order chi connectivity index (χ1) is 12.0. The number of Topliss-reactive ketones (excluding diaryl/α,β-unsaturated/α-hetero) is 2. The summed E-state index contributed by atoms with van der Waals surface area (Å²) < 4.78 is 58.2. The van der Waals surface area contributed by atoms with E-state index in [9.17, 15) is 32.3 Å². The molecule has 8 heteroatoms. The molecule has 0 heterocycles. The lowest BCUT2D eigenvalue weighted by molar-refractivity contribution is -0.167. The van der Waals surface area contributed by atoms with Crippen molar-refractivity contribution >= 4 is 11.6 Å². The highest BCUT2D eigenvalue weighted by atomic mass is 19.1. The molecule has 138 valence electrons. The third-order valence-corrected chi connectivity index (χ3v) is 3.57. The molecule has 0 fully saturated rings. The summed E-state index contributed by atoms with van der Waals surface area (Å²) in [6.45, 7) is 2.00. The van der Waals surface area contributed by atoms with E-state index in [1.807, 2.05) is 0 Å². The van der Waals surface area contributed by atoms with E-state index in [0.29, 0.717) is 12.1 Å². The maximum atomic E-state index is 13.7. The molecule has 0 saturated heterocycles. The van der Waals surface area contributed by atoms with Gasteiger partial charge < -0.3 is 9.84 Å². The first kappa shape index (κ1) is 19.7. The maximum Gasteiger partial charge on any atom is 0.229 e. The van der Waals surface area contributed by atoms with E-state index in [1.165, 1.54) is 0 Å². The lowest BCUT2D eigenvalue weighted by Gasteiger charge is -2.26. The Morgan fingerprint density at radius 3 is 1.88 bits per heavy atom. The summed E-state index contributed by atoms with van der Waals surface area (Å²) in [5.74, 6) is -9.03. The zero-order valence-corrected chi connectivity index (χ0v) is 13.7. The van der Waals surface area contributed by atoms with Gasteiger partial charge in [-0.1, -0.05) is 0 Å². The van der Waals surface area contributed by atoms with E-state index in [1.54, 1.807) is 0 Å². The Morgan fingerprint density at radius 2 is 1.42 bits per heavy atom. The molecule has 2 atom stereocenters. The highest BCUT2D eigenvalue weighted by Gasteiger charge is 2.37. The normalized spacial score (nSPS) is 14.6. The molecule has 0 aliphatic heterocycles. The molecule has 4 nitrogen and oxygen atoms in total. The standard InChI is InChI=1S/C18H14F4O4/c1-9(16(23)12-5-3-10(19)7-14(12)21)26-18(2,25)17(24)13-6-4-11(20)8-15(13)22/h3-9,25H,1-2H3. The largest absolute Gasteiger partial charge is 0.359 e. The van der Waals surface area contributed by atoms with Crippen LogP contribution >= 0.6 is 0 Å². The Kier molecular flexibility index (Phi) is 5.58. The molecule has 0 radical (unpaired) electrons. The van der Waals surface area contributed by atoms with Gasteiger partial charge in [-0.25, -0.2) is 17.6 Å². The van der Waals surface area contributed by atoms with Gasteiger partial charge in [0.2, 0.25) is 11.6 Å². The van der Waals surface area contributed by atoms with Crippen LogP contribution in [0.4, 0.5) is 17.6 Å². The van der Waals surface area contributed by atoms with E-state index in [-0.39, 0.29) is 0 Å². The van der Waals surface area contributed by atoms with E-state index >= 15 is 0 Å². The van der Waals surface area contributed by atoms with Crippen LogP contribution in [0.1, 0.15) is 34.6 Å². The van der Waals surface area contributed by atoms with Crippen molar-refractivity contribution in [1.29, 1.82) is 0 Å². The number of ketones is 2. The van der Waals surface area contributed by atoms with Gasteiger partial charge >= 0.3 is 0 Å². The molecule has 2 rings (SSSR count). The number of halogens is 4. The van der Waals surface area contributed by atoms with Crippen LogP contribution in [0.25, 0.3) is 0 Å². The summed E-state index contributed by atoms with van der Waals surface area (Å²) >= 11 is 0. The molecule has 0 aromatic heterocycles. The number of hydrogen-bond acceptors (Lipinski definition) is 4. The number of carbonyl (C=O) groups is 2. The molecule has 0 spiro atoms.